The Kier molecular flexibility index (Phi) is 7.64. The van der Waals surface area contributed by atoms with E-state index in [-0.39, 0.29) is 28.2 Å². The van der Waals surface area contributed by atoms with Gasteiger partial charge in [-0.1, -0.05) is 55.4 Å². The number of nitrogens with one attached hydrogen (secondary N) is 1. The summed E-state index contributed by atoms with van der Waals surface area (Å²) in [6.07, 6.45) is 0. The molecular formula is C28H26FN3O3S. The normalized spacial score (nSPS) is 11.1. The van der Waals surface area contributed by atoms with Crippen LogP contribution in [0.4, 0.5) is 4.39 Å². The smallest absolute Gasteiger partial charge is 0.266 e. The maximum atomic E-state index is 13.6. The Balaban J connectivity index is 1.75. The molecule has 0 saturated heterocycles. The lowest BCUT2D eigenvalue weighted by Gasteiger charge is -2.14. The van der Waals surface area contributed by atoms with Crippen molar-refractivity contribution in [3.8, 4) is 5.69 Å². The highest BCUT2D eigenvalue weighted by Crippen LogP contribution is 2.23. The summed E-state index contributed by atoms with van der Waals surface area (Å²) in [5, 5.41) is 3.45. The number of aromatic nitrogens is 2. The van der Waals surface area contributed by atoms with Crippen molar-refractivity contribution in [2.45, 2.75) is 25.9 Å². The van der Waals surface area contributed by atoms with Crippen LogP contribution in [0.5, 0.6) is 0 Å². The summed E-state index contributed by atoms with van der Waals surface area (Å²) < 4.78 is 14.9. The van der Waals surface area contributed by atoms with Crippen LogP contribution >= 0.6 is 11.8 Å². The Hall–Kier alpha value is -3.78. The minimum absolute atomic E-state index is 0.0523. The summed E-state index contributed by atoms with van der Waals surface area (Å²) in [4.78, 5) is 43.5. The second-order valence-corrected chi connectivity index (χ2v) is 9.87. The highest BCUT2D eigenvalue weighted by Gasteiger charge is 2.17. The van der Waals surface area contributed by atoms with E-state index >= 15 is 0 Å². The molecule has 0 radical (unpaired) electrons. The average Bonchev–Trinajstić information content (AvgIpc) is 2.86. The minimum atomic E-state index is -0.429. The zero-order chi connectivity index (χ0) is 25.8. The highest BCUT2D eigenvalue weighted by atomic mass is 32.2. The molecule has 0 fully saturated rings. The standard InChI is InChI=1S/C28H26FN3O3S/c1-17(2)15-30-26(34)20-8-13-23-24(14-20)31-28(32(27(23)35)22-11-9-21(29)10-12-22)36-16-25(33)19-6-4-18(3)5-7-19/h4-14,17H,15-16H2,1-3H3,(H,30,34). The lowest BCUT2D eigenvalue weighted by atomic mass is 10.1. The molecule has 0 spiro atoms. The Labute approximate surface area is 212 Å². The topological polar surface area (TPSA) is 81.1 Å². The number of aryl methyl sites for hydroxylation is 1. The van der Waals surface area contributed by atoms with E-state index in [9.17, 15) is 18.8 Å². The van der Waals surface area contributed by atoms with Crippen molar-refractivity contribution < 1.29 is 14.0 Å². The lowest BCUT2D eigenvalue weighted by Crippen LogP contribution is -2.27. The zero-order valence-electron chi connectivity index (χ0n) is 20.2. The zero-order valence-corrected chi connectivity index (χ0v) is 21.1. The molecule has 0 atom stereocenters. The van der Waals surface area contributed by atoms with E-state index in [0.29, 0.717) is 40.2 Å². The van der Waals surface area contributed by atoms with Gasteiger partial charge < -0.3 is 5.32 Å². The van der Waals surface area contributed by atoms with Crippen LogP contribution in [0.15, 0.2) is 76.7 Å². The predicted molar refractivity (Wildman–Crippen MR) is 141 cm³/mol. The van der Waals surface area contributed by atoms with Crippen molar-refractivity contribution in [3.63, 3.8) is 0 Å². The molecule has 184 valence electrons. The molecule has 6 nitrogen and oxygen atoms in total. The molecule has 0 aliphatic carbocycles. The number of hydrogen-bond donors (Lipinski definition) is 1. The van der Waals surface area contributed by atoms with Crippen LogP contribution in [0.1, 0.15) is 40.1 Å². The van der Waals surface area contributed by atoms with Gasteiger partial charge in [0, 0.05) is 17.7 Å². The highest BCUT2D eigenvalue weighted by molar-refractivity contribution is 7.99. The SMILES string of the molecule is Cc1ccc(C(=O)CSc2nc3cc(C(=O)NCC(C)C)ccc3c(=O)n2-c2ccc(F)cc2)cc1. The van der Waals surface area contributed by atoms with E-state index in [1.54, 1.807) is 30.3 Å². The third kappa shape index (κ3) is 5.71. The Morgan fingerprint density at radius 3 is 2.33 bits per heavy atom. The molecule has 36 heavy (non-hydrogen) atoms. The van der Waals surface area contributed by atoms with E-state index in [1.165, 1.54) is 28.8 Å². The summed E-state index contributed by atoms with van der Waals surface area (Å²) in [5.41, 5.74) is 2.41. The van der Waals surface area contributed by atoms with Gasteiger partial charge in [-0.15, -0.1) is 0 Å². The van der Waals surface area contributed by atoms with Gasteiger partial charge in [0.25, 0.3) is 11.5 Å². The van der Waals surface area contributed by atoms with Crippen LogP contribution in [0.2, 0.25) is 0 Å². The molecular weight excluding hydrogens is 477 g/mol. The molecule has 1 amide bonds. The van der Waals surface area contributed by atoms with Crippen LogP contribution in [0, 0.1) is 18.7 Å². The first-order chi connectivity index (χ1) is 17.2. The number of carbonyl (C=O) groups excluding carboxylic acids is 2. The molecule has 0 unspecified atom stereocenters. The van der Waals surface area contributed by atoms with Crippen LogP contribution in [0.25, 0.3) is 16.6 Å². The quantitative estimate of drug-likeness (QED) is 0.203. The number of hydrogen-bond acceptors (Lipinski definition) is 5. The van der Waals surface area contributed by atoms with Crippen LogP contribution < -0.4 is 10.9 Å². The van der Waals surface area contributed by atoms with E-state index < -0.39 is 5.82 Å². The molecule has 0 bridgehead atoms. The number of carbonyl (C=O) groups is 2. The summed E-state index contributed by atoms with van der Waals surface area (Å²) in [6.45, 7) is 6.47. The molecule has 0 aliphatic rings. The number of fused-ring (bicyclic) bond motifs is 1. The molecule has 4 rings (SSSR count). The van der Waals surface area contributed by atoms with Gasteiger partial charge in [0.15, 0.2) is 10.9 Å². The molecule has 0 saturated carbocycles. The number of rotatable bonds is 8. The second kappa shape index (κ2) is 10.9. The van der Waals surface area contributed by atoms with Gasteiger partial charge in [-0.25, -0.2) is 9.37 Å². The number of nitrogens with zero attached hydrogens (tertiary/aromatic N) is 2. The first-order valence-electron chi connectivity index (χ1n) is 11.6. The van der Waals surface area contributed by atoms with Gasteiger partial charge in [0.2, 0.25) is 0 Å². The molecule has 8 heteroatoms. The molecule has 3 aromatic carbocycles. The van der Waals surface area contributed by atoms with Crippen molar-refractivity contribution in [2.24, 2.45) is 5.92 Å². The minimum Gasteiger partial charge on any atom is -0.352 e. The predicted octanol–water partition coefficient (Wildman–Crippen LogP) is 5.19. The summed E-state index contributed by atoms with van der Waals surface area (Å²) in [6, 6.07) is 17.5. The van der Waals surface area contributed by atoms with E-state index in [0.717, 1.165) is 17.3 Å². The fourth-order valence-corrected chi connectivity index (χ4v) is 4.48. The Morgan fingerprint density at radius 2 is 1.67 bits per heavy atom. The van der Waals surface area contributed by atoms with E-state index in [1.807, 2.05) is 32.9 Å². The van der Waals surface area contributed by atoms with E-state index in [2.05, 4.69) is 10.3 Å². The Morgan fingerprint density at radius 1 is 1.00 bits per heavy atom. The maximum absolute atomic E-state index is 13.6. The van der Waals surface area contributed by atoms with Crippen molar-refractivity contribution >= 4 is 34.4 Å². The number of benzene rings is 3. The molecule has 0 aliphatic heterocycles. The van der Waals surface area contributed by atoms with Gasteiger partial charge in [0.1, 0.15) is 5.82 Å². The Bertz CT molecular complexity index is 1480. The average molecular weight is 504 g/mol. The number of amides is 1. The van der Waals surface area contributed by atoms with Crippen molar-refractivity contribution in [2.75, 3.05) is 12.3 Å². The third-order valence-corrected chi connectivity index (χ3v) is 6.50. The maximum Gasteiger partial charge on any atom is 0.266 e. The molecule has 1 heterocycles. The van der Waals surface area contributed by atoms with Gasteiger partial charge in [-0.05, 0) is 55.3 Å². The van der Waals surface area contributed by atoms with Crippen molar-refractivity contribution in [1.29, 1.82) is 0 Å². The van der Waals surface area contributed by atoms with Gasteiger partial charge in [-0.3, -0.25) is 19.0 Å². The van der Waals surface area contributed by atoms with Crippen LogP contribution in [-0.2, 0) is 0 Å². The largest absolute Gasteiger partial charge is 0.352 e. The fraction of sp³-hybridized carbons (Fsp3) is 0.214. The fourth-order valence-electron chi connectivity index (χ4n) is 3.57. The van der Waals surface area contributed by atoms with Gasteiger partial charge in [0.05, 0.1) is 22.3 Å². The van der Waals surface area contributed by atoms with Gasteiger partial charge in [-0.2, -0.15) is 0 Å². The summed E-state index contributed by atoms with van der Waals surface area (Å²) in [7, 11) is 0. The third-order valence-electron chi connectivity index (χ3n) is 5.56. The number of ketones is 1. The first-order valence-corrected chi connectivity index (χ1v) is 12.5. The lowest BCUT2D eigenvalue weighted by molar-refractivity contribution is 0.0948. The van der Waals surface area contributed by atoms with E-state index in [4.69, 9.17) is 0 Å². The molecule has 4 aromatic rings. The van der Waals surface area contributed by atoms with Crippen molar-refractivity contribution in [3.05, 3.63) is 99.6 Å². The molecule has 1 aromatic heterocycles. The number of Topliss-reactive ketones (excluding diaryl/α,β-unsaturated/α-hetero) is 1. The monoisotopic (exact) mass is 503 g/mol. The van der Waals surface area contributed by atoms with Crippen LogP contribution in [0.3, 0.4) is 0 Å². The van der Waals surface area contributed by atoms with Gasteiger partial charge >= 0.3 is 0 Å². The number of thioether (sulfide) groups is 1. The molecule has 1 N–H and O–H groups in total. The summed E-state index contributed by atoms with van der Waals surface area (Å²) >= 11 is 1.12. The van der Waals surface area contributed by atoms with Crippen molar-refractivity contribution in [1.82, 2.24) is 14.9 Å². The summed E-state index contributed by atoms with van der Waals surface area (Å²) in [5.74, 6) is -0.442. The number of halogens is 1. The first kappa shape index (κ1) is 25.3. The van der Waals surface area contributed by atoms with Crippen LogP contribution in [-0.4, -0.2) is 33.5 Å². The second-order valence-electron chi connectivity index (χ2n) is 8.93.